The summed E-state index contributed by atoms with van der Waals surface area (Å²) in [7, 11) is 0. The van der Waals surface area contributed by atoms with Gasteiger partial charge in [-0.25, -0.2) is 10.2 Å². The first-order chi connectivity index (χ1) is 6.06. The van der Waals surface area contributed by atoms with Crippen LogP contribution in [0.15, 0.2) is 0 Å². The lowest BCUT2D eigenvalue weighted by Crippen LogP contribution is -2.50. The van der Waals surface area contributed by atoms with Gasteiger partial charge in [-0.05, 0) is 6.92 Å². The molecular weight excluding hydrogens is 212 g/mol. The molecule has 0 aromatic heterocycles. The molecule has 0 heterocycles. The van der Waals surface area contributed by atoms with Crippen LogP contribution in [-0.4, -0.2) is 24.6 Å². The number of guanidine groups is 2. The number of halogens is 1. The van der Waals surface area contributed by atoms with E-state index in [0.717, 1.165) is 0 Å². The Hall–Kier alpha value is -1.70. The van der Waals surface area contributed by atoms with E-state index >= 15 is 0 Å². The normalized spacial score (nSPS) is 7.79. The zero-order chi connectivity index (χ0) is 10.3. The molecule has 8 nitrogen and oxygen atoms in total. The van der Waals surface area contributed by atoms with Crippen LogP contribution in [0, 0.1) is 10.8 Å². The van der Waals surface area contributed by atoms with Crippen LogP contribution in [0.25, 0.3) is 0 Å². The molecular formula is C5H13ClN6O2. The standard InChI is InChI=1S/C5H12N6O2.ClH/c1-2-13-5(12)11-10-4(8)9-3(6)7;/h2H2,1H3,(H,11,12)(H6,6,7,8,9,10);1H. The van der Waals surface area contributed by atoms with Gasteiger partial charge in [0, 0.05) is 0 Å². The number of nitrogens with one attached hydrogen (secondary N) is 5. The molecule has 0 aliphatic carbocycles. The zero-order valence-electron chi connectivity index (χ0n) is 7.51. The topological polar surface area (TPSA) is 136 Å². The predicted molar refractivity (Wildman–Crippen MR) is 53.3 cm³/mol. The fourth-order valence-electron chi connectivity index (χ4n) is 0.447. The van der Waals surface area contributed by atoms with E-state index in [0.29, 0.717) is 0 Å². The van der Waals surface area contributed by atoms with Crippen LogP contribution in [0.2, 0.25) is 0 Å². The summed E-state index contributed by atoms with van der Waals surface area (Å²) in [6.45, 7) is 1.89. The average Bonchev–Trinajstić information content (AvgIpc) is 2.00. The van der Waals surface area contributed by atoms with Crippen molar-refractivity contribution in [2.75, 3.05) is 6.61 Å². The number of hydrazine groups is 1. The third-order valence-electron chi connectivity index (χ3n) is 0.825. The number of carbonyl (C=O) groups is 1. The Morgan fingerprint density at radius 3 is 2.43 bits per heavy atom. The van der Waals surface area contributed by atoms with Gasteiger partial charge in [0.1, 0.15) is 0 Å². The highest BCUT2D eigenvalue weighted by Gasteiger charge is 2.00. The van der Waals surface area contributed by atoms with Crippen LogP contribution >= 0.6 is 12.4 Å². The number of rotatable bonds is 1. The molecule has 0 rings (SSSR count). The number of nitrogens with two attached hydrogens (primary N) is 1. The largest absolute Gasteiger partial charge is 0.449 e. The molecule has 0 saturated heterocycles. The van der Waals surface area contributed by atoms with Crippen molar-refractivity contribution in [2.24, 2.45) is 5.73 Å². The van der Waals surface area contributed by atoms with Crippen molar-refractivity contribution in [3.63, 3.8) is 0 Å². The number of hydrogen-bond acceptors (Lipinski definition) is 4. The molecule has 0 aliphatic heterocycles. The first-order valence-corrected chi connectivity index (χ1v) is 3.44. The molecule has 14 heavy (non-hydrogen) atoms. The maximum Gasteiger partial charge on any atom is 0.426 e. The van der Waals surface area contributed by atoms with Crippen molar-refractivity contribution in [2.45, 2.75) is 6.92 Å². The van der Waals surface area contributed by atoms with E-state index in [1.807, 2.05) is 5.43 Å². The maximum absolute atomic E-state index is 10.6. The van der Waals surface area contributed by atoms with Gasteiger partial charge in [0.2, 0.25) is 5.96 Å². The van der Waals surface area contributed by atoms with Gasteiger partial charge in [0.05, 0.1) is 6.61 Å². The molecule has 9 heteroatoms. The fourth-order valence-corrected chi connectivity index (χ4v) is 0.447. The van der Waals surface area contributed by atoms with E-state index in [4.69, 9.17) is 16.6 Å². The van der Waals surface area contributed by atoms with Gasteiger partial charge in [-0.15, -0.1) is 12.4 Å². The van der Waals surface area contributed by atoms with Gasteiger partial charge in [0.15, 0.2) is 5.96 Å². The minimum atomic E-state index is -0.711. The molecule has 0 spiro atoms. The Morgan fingerprint density at radius 1 is 1.43 bits per heavy atom. The minimum Gasteiger partial charge on any atom is -0.449 e. The van der Waals surface area contributed by atoms with E-state index in [2.05, 4.69) is 15.5 Å². The van der Waals surface area contributed by atoms with Crippen molar-refractivity contribution in [1.29, 1.82) is 10.8 Å². The van der Waals surface area contributed by atoms with Crippen LogP contribution in [0.4, 0.5) is 4.79 Å². The summed E-state index contributed by atoms with van der Waals surface area (Å²) >= 11 is 0. The molecule has 0 aromatic carbocycles. The second-order valence-corrected chi connectivity index (χ2v) is 1.88. The smallest absolute Gasteiger partial charge is 0.426 e. The first kappa shape index (κ1) is 14.8. The van der Waals surface area contributed by atoms with Crippen molar-refractivity contribution in [3.8, 4) is 0 Å². The average molecular weight is 225 g/mol. The molecule has 0 saturated carbocycles. The molecule has 0 bridgehead atoms. The Kier molecular flexibility index (Phi) is 8.38. The third-order valence-corrected chi connectivity index (χ3v) is 0.825. The van der Waals surface area contributed by atoms with Gasteiger partial charge in [-0.3, -0.25) is 21.6 Å². The SMILES string of the molecule is CCOC(=O)NNC(=N)NC(=N)N.Cl. The molecule has 0 atom stereocenters. The van der Waals surface area contributed by atoms with Crippen molar-refractivity contribution < 1.29 is 9.53 Å². The summed E-state index contributed by atoms with van der Waals surface area (Å²) in [6.07, 6.45) is -0.711. The summed E-state index contributed by atoms with van der Waals surface area (Å²) in [5.41, 5.74) is 9.07. The molecule has 0 aromatic rings. The summed E-state index contributed by atoms with van der Waals surface area (Å²) in [4.78, 5) is 10.6. The van der Waals surface area contributed by atoms with Crippen LogP contribution in [0.1, 0.15) is 6.92 Å². The molecule has 0 aliphatic rings. The van der Waals surface area contributed by atoms with E-state index in [1.165, 1.54) is 0 Å². The number of carbonyl (C=O) groups excluding carboxylic acids is 1. The lowest BCUT2D eigenvalue weighted by Gasteiger charge is -2.09. The van der Waals surface area contributed by atoms with E-state index < -0.39 is 12.1 Å². The maximum atomic E-state index is 10.6. The Bertz CT molecular complexity index is 220. The van der Waals surface area contributed by atoms with Crippen molar-refractivity contribution >= 4 is 30.4 Å². The zero-order valence-corrected chi connectivity index (χ0v) is 8.33. The Balaban J connectivity index is 0. The van der Waals surface area contributed by atoms with E-state index in [9.17, 15) is 4.79 Å². The quantitative estimate of drug-likeness (QED) is 0.194. The van der Waals surface area contributed by atoms with Crippen LogP contribution < -0.4 is 21.9 Å². The summed E-state index contributed by atoms with van der Waals surface area (Å²) in [6, 6.07) is 0. The lowest BCUT2D eigenvalue weighted by molar-refractivity contribution is 0.150. The van der Waals surface area contributed by atoms with Gasteiger partial charge < -0.3 is 10.5 Å². The Labute approximate surface area is 87.0 Å². The van der Waals surface area contributed by atoms with Gasteiger partial charge in [-0.2, -0.15) is 0 Å². The minimum absolute atomic E-state index is 0. The lowest BCUT2D eigenvalue weighted by atomic mass is 10.8. The highest BCUT2D eigenvalue weighted by molar-refractivity contribution is 5.95. The monoisotopic (exact) mass is 224 g/mol. The Morgan fingerprint density at radius 2 is 2.00 bits per heavy atom. The first-order valence-electron chi connectivity index (χ1n) is 3.44. The fraction of sp³-hybridized carbons (Fsp3) is 0.400. The number of ether oxygens (including phenoxy) is 1. The van der Waals surface area contributed by atoms with Gasteiger partial charge >= 0.3 is 6.09 Å². The van der Waals surface area contributed by atoms with Crippen LogP contribution in [0.3, 0.4) is 0 Å². The van der Waals surface area contributed by atoms with Crippen molar-refractivity contribution in [1.82, 2.24) is 16.2 Å². The summed E-state index contributed by atoms with van der Waals surface area (Å²) in [5, 5.41) is 15.9. The van der Waals surface area contributed by atoms with Gasteiger partial charge in [-0.1, -0.05) is 0 Å². The van der Waals surface area contributed by atoms with Crippen molar-refractivity contribution in [3.05, 3.63) is 0 Å². The molecule has 0 radical (unpaired) electrons. The second-order valence-electron chi connectivity index (χ2n) is 1.88. The number of amides is 1. The second kappa shape index (κ2) is 7.92. The highest BCUT2D eigenvalue weighted by atomic mass is 35.5. The molecule has 82 valence electrons. The van der Waals surface area contributed by atoms with Gasteiger partial charge in [0.25, 0.3) is 0 Å². The van der Waals surface area contributed by atoms with Crippen LogP contribution in [-0.2, 0) is 4.74 Å². The predicted octanol–water partition coefficient (Wildman–Crippen LogP) is -0.923. The number of hydrogen-bond donors (Lipinski definition) is 6. The molecule has 7 N–H and O–H groups in total. The molecule has 0 fully saturated rings. The summed E-state index contributed by atoms with van der Waals surface area (Å²) in [5.74, 6) is -0.719. The third kappa shape index (κ3) is 8.40. The highest BCUT2D eigenvalue weighted by Crippen LogP contribution is 1.72. The van der Waals surface area contributed by atoms with Crippen LogP contribution in [0.5, 0.6) is 0 Å². The molecule has 0 unspecified atom stereocenters. The van der Waals surface area contributed by atoms with E-state index in [1.54, 1.807) is 6.92 Å². The van der Waals surface area contributed by atoms with E-state index in [-0.39, 0.29) is 25.0 Å². The molecule has 1 amide bonds. The summed E-state index contributed by atoms with van der Waals surface area (Å²) < 4.78 is 4.48.